The number of benzene rings is 1. The zero-order valence-corrected chi connectivity index (χ0v) is 11.2. The van der Waals surface area contributed by atoms with E-state index in [0.29, 0.717) is 12.1 Å². The number of hydrogen-bond donors (Lipinski definition) is 1. The molecule has 0 bridgehead atoms. The highest BCUT2D eigenvalue weighted by Gasteiger charge is 2.28. The number of ether oxygens (including phenoxy) is 1. The first-order valence-electron chi connectivity index (χ1n) is 6.43. The van der Waals surface area contributed by atoms with Gasteiger partial charge in [0.2, 0.25) is 0 Å². The summed E-state index contributed by atoms with van der Waals surface area (Å²) in [6.45, 7) is 2.59. The van der Waals surface area contributed by atoms with Crippen molar-refractivity contribution >= 4 is 5.91 Å². The summed E-state index contributed by atoms with van der Waals surface area (Å²) in [4.78, 5) is 14.1. The third kappa shape index (κ3) is 2.87. The zero-order chi connectivity index (χ0) is 14.0. The molecule has 1 aliphatic rings. The lowest BCUT2D eigenvalue weighted by atomic mass is 9.98. The van der Waals surface area contributed by atoms with Gasteiger partial charge in [-0.2, -0.15) is 0 Å². The Kier molecular flexibility index (Phi) is 4.04. The van der Waals surface area contributed by atoms with Crippen LogP contribution < -0.4 is 10.5 Å². The lowest BCUT2D eigenvalue weighted by molar-refractivity contribution is 0.0618. The number of rotatable bonds is 2. The molecule has 1 fully saturated rings. The number of carbonyl (C=O) groups excluding carboxylic acids is 1. The summed E-state index contributed by atoms with van der Waals surface area (Å²) in [6.07, 6.45) is 1.57. The number of halogens is 1. The Balaban J connectivity index is 2.17. The van der Waals surface area contributed by atoms with Crippen LogP contribution in [0.1, 0.15) is 30.1 Å². The normalized spacial score (nSPS) is 23.3. The van der Waals surface area contributed by atoms with Crippen LogP contribution in [0.4, 0.5) is 4.39 Å². The quantitative estimate of drug-likeness (QED) is 0.887. The van der Waals surface area contributed by atoms with Crippen molar-refractivity contribution in [1.82, 2.24) is 4.90 Å². The Morgan fingerprint density at radius 1 is 1.53 bits per heavy atom. The molecule has 1 amide bonds. The number of amides is 1. The van der Waals surface area contributed by atoms with Crippen molar-refractivity contribution in [3.8, 4) is 5.75 Å². The molecule has 0 radical (unpaired) electrons. The van der Waals surface area contributed by atoms with Gasteiger partial charge in [0.05, 0.1) is 7.11 Å². The van der Waals surface area contributed by atoms with Gasteiger partial charge in [-0.1, -0.05) is 0 Å². The van der Waals surface area contributed by atoms with Gasteiger partial charge in [0.25, 0.3) is 5.91 Å². The van der Waals surface area contributed by atoms with Crippen molar-refractivity contribution < 1.29 is 13.9 Å². The Morgan fingerprint density at radius 2 is 2.26 bits per heavy atom. The maximum absolute atomic E-state index is 13.6. The number of carbonyl (C=O) groups is 1. The van der Waals surface area contributed by atoms with E-state index in [1.807, 2.05) is 6.92 Å². The van der Waals surface area contributed by atoms with E-state index in [2.05, 4.69) is 0 Å². The number of methoxy groups -OCH3 is 1. The maximum atomic E-state index is 13.6. The maximum Gasteiger partial charge on any atom is 0.254 e. The first-order valence-corrected chi connectivity index (χ1v) is 6.43. The monoisotopic (exact) mass is 266 g/mol. The SMILES string of the molecule is COc1ccc(C(=O)N2CCC(N)CC2C)cc1F. The van der Waals surface area contributed by atoms with E-state index in [0.717, 1.165) is 12.8 Å². The van der Waals surface area contributed by atoms with Gasteiger partial charge in [0.1, 0.15) is 0 Å². The number of piperidine rings is 1. The largest absolute Gasteiger partial charge is 0.494 e. The van der Waals surface area contributed by atoms with E-state index in [-0.39, 0.29) is 23.7 Å². The van der Waals surface area contributed by atoms with E-state index in [9.17, 15) is 9.18 Å². The lowest BCUT2D eigenvalue weighted by Crippen LogP contribution is -2.48. The Hall–Kier alpha value is -1.62. The minimum Gasteiger partial charge on any atom is -0.494 e. The first-order chi connectivity index (χ1) is 9.02. The Bertz CT molecular complexity index is 479. The van der Waals surface area contributed by atoms with Crippen molar-refractivity contribution in [2.45, 2.75) is 31.8 Å². The molecule has 104 valence electrons. The summed E-state index contributed by atoms with van der Waals surface area (Å²) in [5.74, 6) is -0.527. The second-order valence-electron chi connectivity index (χ2n) is 4.98. The molecule has 1 heterocycles. The van der Waals surface area contributed by atoms with Crippen molar-refractivity contribution in [2.75, 3.05) is 13.7 Å². The molecule has 1 aromatic carbocycles. The summed E-state index contributed by atoms with van der Waals surface area (Å²) in [6, 6.07) is 4.52. The molecule has 2 rings (SSSR count). The zero-order valence-electron chi connectivity index (χ0n) is 11.2. The van der Waals surface area contributed by atoms with Gasteiger partial charge in [0.15, 0.2) is 11.6 Å². The molecule has 2 N–H and O–H groups in total. The molecule has 2 unspecified atom stereocenters. The molecule has 0 aliphatic carbocycles. The van der Waals surface area contributed by atoms with E-state index >= 15 is 0 Å². The molecule has 5 heteroatoms. The molecule has 4 nitrogen and oxygen atoms in total. The van der Waals surface area contributed by atoms with Crippen molar-refractivity contribution in [3.63, 3.8) is 0 Å². The number of hydrogen-bond acceptors (Lipinski definition) is 3. The lowest BCUT2D eigenvalue weighted by Gasteiger charge is -2.36. The van der Waals surface area contributed by atoms with Crippen LogP contribution in [0, 0.1) is 5.82 Å². The highest BCUT2D eigenvalue weighted by Crippen LogP contribution is 2.22. The summed E-state index contributed by atoms with van der Waals surface area (Å²) in [5, 5.41) is 0. The fourth-order valence-corrected chi connectivity index (χ4v) is 2.48. The minimum atomic E-state index is -0.519. The van der Waals surface area contributed by atoms with Gasteiger partial charge >= 0.3 is 0 Å². The van der Waals surface area contributed by atoms with Gasteiger partial charge in [-0.05, 0) is 38.0 Å². The average Bonchev–Trinajstić information content (AvgIpc) is 2.38. The molecule has 1 aliphatic heterocycles. The highest BCUT2D eigenvalue weighted by molar-refractivity contribution is 5.94. The van der Waals surface area contributed by atoms with E-state index in [4.69, 9.17) is 10.5 Å². The molecule has 0 saturated carbocycles. The predicted molar refractivity (Wildman–Crippen MR) is 70.7 cm³/mol. The topological polar surface area (TPSA) is 55.6 Å². The number of likely N-dealkylation sites (tertiary alicyclic amines) is 1. The molecular weight excluding hydrogens is 247 g/mol. The van der Waals surface area contributed by atoms with Crippen LogP contribution in [0.15, 0.2) is 18.2 Å². The highest BCUT2D eigenvalue weighted by atomic mass is 19.1. The van der Waals surface area contributed by atoms with Crippen LogP contribution in [0.2, 0.25) is 0 Å². The predicted octanol–water partition coefficient (Wildman–Crippen LogP) is 1.79. The molecule has 1 saturated heterocycles. The smallest absolute Gasteiger partial charge is 0.254 e. The standard InChI is InChI=1S/C14H19FN2O2/c1-9-7-11(16)5-6-17(9)14(18)10-3-4-13(19-2)12(15)8-10/h3-4,8-9,11H,5-7,16H2,1-2H3. The first kappa shape index (κ1) is 13.8. The third-order valence-electron chi connectivity index (χ3n) is 3.58. The van der Waals surface area contributed by atoms with Gasteiger partial charge in [-0.15, -0.1) is 0 Å². The molecule has 2 atom stereocenters. The molecular formula is C14H19FN2O2. The summed E-state index contributed by atoms with van der Waals surface area (Å²) >= 11 is 0. The van der Waals surface area contributed by atoms with Gasteiger partial charge < -0.3 is 15.4 Å². The van der Waals surface area contributed by atoms with Crippen molar-refractivity contribution in [2.24, 2.45) is 5.73 Å². The second-order valence-corrected chi connectivity index (χ2v) is 4.98. The Morgan fingerprint density at radius 3 is 2.84 bits per heavy atom. The van der Waals surface area contributed by atoms with Crippen LogP contribution >= 0.6 is 0 Å². The summed E-state index contributed by atoms with van der Waals surface area (Å²) in [7, 11) is 1.40. The molecule has 0 spiro atoms. The Labute approximate surface area is 112 Å². The summed E-state index contributed by atoms with van der Waals surface area (Å²) < 4.78 is 18.5. The van der Waals surface area contributed by atoms with Crippen LogP contribution in [0.25, 0.3) is 0 Å². The van der Waals surface area contributed by atoms with E-state index in [1.165, 1.54) is 19.2 Å². The molecule has 0 aromatic heterocycles. The van der Waals surface area contributed by atoms with Gasteiger partial charge in [0, 0.05) is 24.2 Å². The van der Waals surface area contributed by atoms with Crippen LogP contribution in [-0.4, -0.2) is 36.5 Å². The molecule has 19 heavy (non-hydrogen) atoms. The fourth-order valence-electron chi connectivity index (χ4n) is 2.48. The van der Waals surface area contributed by atoms with Gasteiger partial charge in [-0.25, -0.2) is 4.39 Å². The van der Waals surface area contributed by atoms with Crippen LogP contribution in [0.3, 0.4) is 0 Å². The molecule has 1 aromatic rings. The summed E-state index contributed by atoms with van der Waals surface area (Å²) in [5.41, 5.74) is 6.22. The van der Waals surface area contributed by atoms with Crippen molar-refractivity contribution in [1.29, 1.82) is 0 Å². The average molecular weight is 266 g/mol. The van der Waals surface area contributed by atoms with E-state index in [1.54, 1.807) is 11.0 Å². The fraction of sp³-hybridized carbons (Fsp3) is 0.500. The van der Waals surface area contributed by atoms with E-state index < -0.39 is 5.82 Å². The number of nitrogens with zero attached hydrogens (tertiary/aromatic N) is 1. The van der Waals surface area contributed by atoms with Crippen LogP contribution in [0.5, 0.6) is 5.75 Å². The van der Waals surface area contributed by atoms with Crippen LogP contribution in [-0.2, 0) is 0 Å². The van der Waals surface area contributed by atoms with Gasteiger partial charge in [-0.3, -0.25) is 4.79 Å². The van der Waals surface area contributed by atoms with Crippen molar-refractivity contribution in [3.05, 3.63) is 29.6 Å². The second kappa shape index (κ2) is 5.57. The third-order valence-corrected chi connectivity index (χ3v) is 3.58. The number of nitrogens with two attached hydrogens (primary N) is 1. The minimum absolute atomic E-state index is 0.0846.